The number of para-hydroxylation sites is 1. The summed E-state index contributed by atoms with van der Waals surface area (Å²) in [4.78, 5) is 28.5. The number of benzene rings is 2. The van der Waals surface area contributed by atoms with Crippen LogP contribution in [0.5, 0.6) is 0 Å². The van der Waals surface area contributed by atoms with Crippen molar-refractivity contribution in [2.75, 3.05) is 13.2 Å². The van der Waals surface area contributed by atoms with Gasteiger partial charge in [-0.15, -0.1) is 0 Å². The number of rotatable bonds is 4. The number of esters is 2. The van der Waals surface area contributed by atoms with Crippen molar-refractivity contribution in [2.45, 2.75) is 0 Å². The quantitative estimate of drug-likeness (QED) is 0.636. The number of halogens is 1. The van der Waals surface area contributed by atoms with Gasteiger partial charge in [-0.2, -0.15) is 0 Å². The average Bonchev–Trinajstić information content (AvgIpc) is 3.11. The van der Waals surface area contributed by atoms with E-state index in [1.54, 1.807) is 18.2 Å². The first-order valence-corrected chi connectivity index (χ1v) is 8.67. The number of pyridine rings is 1. The monoisotopic (exact) mass is 379 g/mol. The first-order chi connectivity index (χ1) is 13.1. The third-order valence-corrected chi connectivity index (χ3v) is 4.44. The zero-order chi connectivity index (χ0) is 18.8. The van der Waals surface area contributed by atoms with Crippen LogP contribution in [0.2, 0.25) is 5.02 Å². The number of carbonyl (C=O) groups is 2. The summed E-state index contributed by atoms with van der Waals surface area (Å²) < 4.78 is 10.2. The first kappa shape index (κ1) is 17.2. The standard InChI is InChI=1S/C21H14ClNO4/c22-15-7-5-14(6-8-15)19-10-17(16-3-1-2-4-18(16)23-19)21(25)27-12-13-9-20(24)26-11-13/h1-10H,11-12H2. The molecule has 0 atom stereocenters. The van der Waals surface area contributed by atoms with Crippen molar-refractivity contribution in [3.05, 3.63) is 76.8 Å². The van der Waals surface area contributed by atoms with Crippen LogP contribution in [-0.2, 0) is 14.3 Å². The van der Waals surface area contributed by atoms with Gasteiger partial charge in [-0.3, -0.25) is 0 Å². The topological polar surface area (TPSA) is 65.5 Å². The number of fused-ring (bicyclic) bond motifs is 1. The van der Waals surface area contributed by atoms with Gasteiger partial charge in [0.25, 0.3) is 0 Å². The van der Waals surface area contributed by atoms with Crippen LogP contribution < -0.4 is 0 Å². The van der Waals surface area contributed by atoms with E-state index in [1.807, 2.05) is 36.4 Å². The van der Waals surface area contributed by atoms with Crippen LogP contribution >= 0.6 is 11.6 Å². The zero-order valence-corrected chi connectivity index (χ0v) is 14.9. The molecule has 2 aromatic carbocycles. The maximum atomic E-state index is 12.7. The third-order valence-electron chi connectivity index (χ3n) is 4.19. The minimum absolute atomic E-state index is 0.0114. The van der Waals surface area contributed by atoms with E-state index >= 15 is 0 Å². The van der Waals surface area contributed by atoms with Crippen LogP contribution in [0.25, 0.3) is 22.2 Å². The Morgan fingerprint density at radius 3 is 2.67 bits per heavy atom. The fourth-order valence-electron chi connectivity index (χ4n) is 2.85. The number of ether oxygens (including phenoxy) is 2. The molecule has 0 saturated heterocycles. The SMILES string of the molecule is O=C1C=C(COC(=O)c2cc(-c3ccc(Cl)cc3)nc3ccccc23)CO1. The van der Waals surface area contributed by atoms with E-state index in [0.717, 1.165) is 5.56 Å². The lowest BCUT2D eigenvalue weighted by atomic mass is 10.0. The summed E-state index contributed by atoms with van der Waals surface area (Å²) in [6.45, 7) is 0.163. The van der Waals surface area contributed by atoms with Gasteiger partial charge in [0.1, 0.15) is 13.2 Å². The Balaban J connectivity index is 1.69. The molecule has 27 heavy (non-hydrogen) atoms. The van der Waals surface area contributed by atoms with E-state index in [9.17, 15) is 9.59 Å². The molecule has 0 unspecified atom stereocenters. The number of cyclic esters (lactones) is 1. The predicted octanol–water partition coefficient (Wildman–Crippen LogP) is 4.20. The second kappa shape index (κ2) is 7.21. The molecule has 134 valence electrons. The molecule has 0 saturated carbocycles. The maximum absolute atomic E-state index is 12.7. The van der Waals surface area contributed by atoms with E-state index in [1.165, 1.54) is 6.08 Å². The minimum atomic E-state index is -0.482. The summed E-state index contributed by atoms with van der Waals surface area (Å²) in [6, 6.07) is 16.3. The van der Waals surface area contributed by atoms with E-state index < -0.39 is 11.9 Å². The summed E-state index contributed by atoms with van der Waals surface area (Å²) in [6.07, 6.45) is 1.34. The van der Waals surface area contributed by atoms with Crippen molar-refractivity contribution in [3.63, 3.8) is 0 Å². The van der Waals surface area contributed by atoms with Crippen molar-refractivity contribution in [2.24, 2.45) is 0 Å². The number of aromatic nitrogens is 1. The molecule has 2 heterocycles. The summed E-state index contributed by atoms with van der Waals surface area (Å²) in [5.74, 6) is -0.899. The molecule has 0 bridgehead atoms. The minimum Gasteiger partial charge on any atom is -0.458 e. The van der Waals surface area contributed by atoms with Gasteiger partial charge in [-0.05, 0) is 24.3 Å². The van der Waals surface area contributed by atoms with Crippen molar-refractivity contribution < 1.29 is 19.1 Å². The highest BCUT2D eigenvalue weighted by Crippen LogP contribution is 2.26. The van der Waals surface area contributed by atoms with Crippen molar-refractivity contribution in [1.29, 1.82) is 0 Å². The number of hydrogen-bond acceptors (Lipinski definition) is 5. The molecule has 1 aromatic heterocycles. The molecule has 0 amide bonds. The third kappa shape index (κ3) is 3.68. The highest BCUT2D eigenvalue weighted by molar-refractivity contribution is 6.30. The molecular weight excluding hydrogens is 366 g/mol. The fraction of sp³-hybridized carbons (Fsp3) is 0.0952. The number of hydrogen-bond donors (Lipinski definition) is 0. The number of carbonyl (C=O) groups excluding carboxylic acids is 2. The molecule has 5 nitrogen and oxygen atoms in total. The second-order valence-corrected chi connectivity index (χ2v) is 6.50. The van der Waals surface area contributed by atoms with Crippen molar-refractivity contribution in [1.82, 2.24) is 4.98 Å². The van der Waals surface area contributed by atoms with Crippen molar-refractivity contribution in [3.8, 4) is 11.3 Å². The molecule has 1 aliphatic heterocycles. The molecule has 6 heteroatoms. The van der Waals surface area contributed by atoms with Gasteiger partial charge in [0, 0.05) is 27.6 Å². The highest BCUT2D eigenvalue weighted by atomic mass is 35.5. The number of nitrogens with zero attached hydrogens (tertiary/aromatic N) is 1. The lowest BCUT2D eigenvalue weighted by Crippen LogP contribution is -2.10. The summed E-state index contributed by atoms with van der Waals surface area (Å²) in [5.41, 5.74) is 3.23. The van der Waals surface area contributed by atoms with Gasteiger partial charge in [-0.25, -0.2) is 14.6 Å². The lowest BCUT2D eigenvalue weighted by molar-refractivity contribution is -0.134. The van der Waals surface area contributed by atoms with Gasteiger partial charge in [0.05, 0.1) is 16.8 Å². The van der Waals surface area contributed by atoms with Crippen LogP contribution in [0.4, 0.5) is 0 Å². The van der Waals surface area contributed by atoms with E-state index in [-0.39, 0.29) is 13.2 Å². The van der Waals surface area contributed by atoms with E-state index in [0.29, 0.717) is 32.8 Å². The molecule has 3 aromatic rings. The van der Waals surface area contributed by atoms with Gasteiger partial charge < -0.3 is 9.47 Å². The smallest absolute Gasteiger partial charge is 0.339 e. The van der Waals surface area contributed by atoms with Crippen LogP contribution in [0.1, 0.15) is 10.4 Å². The molecule has 0 fully saturated rings. The molecule has 0 radical (unpaired) electrons. The Morgan fingerprint density at radius 2 is 1.93 bits per heavy atom. The zero-order valence-electron chi connectivity index (χ0n) is 14.1. The molecule has 0 N–H and O–H groups in total. The van der Waals surface area contributed by atoms with Gasteiger partial charge >= 0.3 is 11.9 Å². The van der Waals surface area contributed by atoms with Gasteiger partial charge in [0.15, 0.2) is 0 Å². The Kier molecular flexibility index (Phi) is 4.60. The predicted molar refractivity (Wildman–Crippen MR) is 102 cm³/mol. The van der Waals surface area contributed by atoms with E-state index in [2.05, 4.69) is 4.98 Å². The van der Waals surface area contributed by atoms with Crippen LogP contribution in [0.15, 0.2) is 66.2 Å². The summed E-state index contributed by atoms with van der Waals surface area (Å²) in [7, 11) is 0. The largest absolute Gasteiger partial charge is 0.458 e. The molecule has 0 aliphatic carbocycles. The summed E-state index contributed by atoms with van der Waals surface area (Å²) >= 11 is 5.96. The Labute approximate surface area is 160 Å². The van der Waals surface area contributed by atoms with Gasteiger partial charge in [-0.1, -0.05) is 41.9 Å². The summed E-state index contributed by atoms with van der Waals surface area (Å²) in [5, 5.41) is 1.33. The average molecular weight is 380 g/mol. The van der Waals surface area contributed by atoms with Crippen LogP contribution in [0.3, 0.4) is 0 Å². The van der Waals surface area contributed by atoms with E-state index in [4.69, 9.17) is 21.1 Å². The Hall–Kier alpha value is -3.18. The van der Waals surface area contributed by atoms with Crippen LogP contribution in [-0.4, -0.2) is 30.1 Å². The maximum Gasteiger partial charge on any atom is 0.339 e. The Bertz CT molecular complexity index is 1070. The molecular formula is C21H14ClNO4. The first-order valence-electron chi connectivity index (χ1n) is 8.29. The lowest BCUT2D eigenvalue weighted by Gasteiger charge is -2.10. The molecule has 0 spiro atoms. The van der Waals surface area contributed by atoms with Gasteiger partial charge in [0.2, 0.25) is 0 Å². The van der Waals surface area contributed by atoms with Crippen LogP contribution in [0, 0.1) is 0 Å². The Morgan fingerprint density at radius 1 is 1.15 bits per heavy atom. The normalized spacial score (nSPS) is 13.4. The molecule has 1 aliphatic rings. The molecule has 4 rings (SSSR count). The van der Waals surface area contributed by atoms with Crippen molar-refractivity contribution >= 4 is 34.4 Å². The highest BCUT2D eigenvalue weighted by Gasteiger charge is 2.18. The fourth-order valence-corrected chi connectivity index (χ4v) is 2.97. The second-order valence-electron chi connectivity index (χ2n) is 6.07.